The number of hydrogen-bond donors (Lipinski definition) is 1. The van der Waals surface area contributed by atoms with E-state index < -0.39 is 22.4 Å². The summed E-state index contributed by atoms with van der Waals surface area (Å²) in [6, 6.07) is 0. The Morgan fingerprint density at radius 3 is 2.35 bits per heavy atom. The van der Waals surface area contributed by atoms with Gasteiger partial charge in [-0.3, -0.25) is 9.59 Å². The Hall–Kier alpha value is -0.950. The third kappa shape index (κ3) is 8.82. The molecule has 0 aromatic carbocycles. The Morgan fingerprint density at radius 1 is 1.18 bits per heavy atom. The zero-order valence-electron chi connectivity index (χ0n) is 9.85. The molecule has 1 N–H and O–H groups in total. The van der Waals surface area contributed by atoms with Gasteiger partial charge in [-0.2, -0.15) is 0 Å². The first-order valence-corrected chi connectivity index (χ1v) is 7.22. The van der Waals surface area contributed by atoms with E-state index >= 15 is 0 Å². The standard InChI is InChI=1S/C10H18O6S/c1-2-9(12)3-4-10(13)16-6-8-17(14,15)7-5-11/h11H,2-8H2,1H3. The minimum Gasteiger partial charge on any atom is -0.465 e. The van der Waals surface area contributed by atoms with Gasteiger partial charge in [0, 0.05) is 12.8 Å². The molecule has 0 aromatic rings. The van der Waals surface area contributed by atoms with Crippen molar-refractivity contribution in [1.82, 2.24) is 0 Å². The lowest BCUT2D eigenvalue weighted by molar-refractivity contribution is -0.144. The van der Waals surface area contributed by atoms with Crippen LogP contribution in [0.2, 0.25) is 0 Å². The van der Waals surface area contributed by atoms with E-state index in [9.17, 15) is 18.0 Å². The van der Waals surface area contributed by atoms with Gasteiger partial charge in [0.05, 0.1) is 24.5 Å². The van der Waals surface area contributed by atoms with Crippen molar-refractivity contribution in [2.75, 3.05) is 24.7 Å². The van der Waals surface area contributed by atoms with Gasteiger partial charge in [-0.15, -0.1) is 0 Å². The summed E-state index contributed by atoms with van der Waals surface area (Å²) in [7, 11) is -3.36. The second-order valence-corrected chi connectivity index (χ2v) is 5.79. The summed E-state index contributed by atoms with van der Waals surface area (Å²) in [4.78, 5) is 22.0. The van der Waals surface area contributed by atoms with E-state index in [2.05, 4.69) is 4.74 Å². The van der Waals surface area contributed by atoms with Crippen molar-refractivity contribution >= 4 is 21.6 Å². The number of Topliss-reactive ketones (excluding diaryl/α,β-unsaturated/α-hetero) is 1. The van der Waals surface area contributed by atoms with Crippen LogP contribution in [0, 0.1) is 0 Å². The predicted octanol–water partition coefficient (Wildman–Crippen LogP) is -0.304. The van der Waals surface area contributed by atoms with E-state index in [4.69, 9.17) is 5.11 Å². The van der Waals surface area contributed by atoms with E-state index in [-0.39, 0.29) is 36.7 Å². The quantitative estimate of drug-likeness (QED) is 0.575. The summed E-state index contributed by atoms with van der Waals surface area (Å²) in [5, 5.41) is 8.46. The molecule has 0 unspecified atom stereocenters. The number of sulfone groups is 1. The maximum atomic E-state index is 11.1. The molecule has 0 fully saturated rings. The van der Waals surface area contributed by atoms with Gasteiger partial charge in [-0.25, -0.2) is 8.42 Å². The molecular formula is C10H18O6S. The van der Waals surface area contributed by atoms with Crippen molar-refractivity contribution in [3.63, 3.8) is 0 Å². The van der Waals surface area contributed by atoms with Crippen molar-refractivity contribution in [2.45, 2.75) is 26.2 Å². The average Bonchev–Trinajstić information content (AvgIpc) is 2.25. The smallest absolute Gasteiger partial charge is 0.306 e. The SMILES string of the molecule is CCC(=O)CCC(=O)OCCS(=O)(=O)CCO. The van der Waals surface area contributed by atoms with Crippen LogP contribution in [0.1, 0.15) is 26.2 Å². The minimum absolute atomic E-state index is 0.0211. The molecule has 0 aliphatic rings. The summed E-state index contributed by atoms with van der Waals surface area (Å²) in [5.41, 5.74) is 0. The summed E-state index contributed by atoms with van der Waals surface area (Å²) in [6.07, 6.45) is 0.476. The predicted molar refractivity (Wildman–Crippen MR) is 61.2 cm³/mol. The number of aliphatic hydroxyl groups excluding tert-OH is 1. The Balaban J connectivity index is 3.75. The number of rotatable bonds is 9. The molecule has 0 aliphatic heterocycles. The zero-order valence-corrected chi connectivity index (χ0v) is 10.7. The molecule has 0 rings (SSSR count). The summed E-state index contributed by atoms with van der Waals surface area (Å²) >= 11 is 0. The Labute approximate surface area is 101 Å². The van der Waals surface area contributed by atoms with Gasteiger partial charge < -0.3 is 9.84 Å². The van der Waals surface area contributed by atoms with E-state index in [0.717, 1.165) is 0 Å². The molecule has 7 heteroatoms. The molecule has 0 radical (unpaired) electrons. The van der Waals surface area contributed by atoms with Gasteiger partial charge in [0.15, 0.2) is 9.84 Å². The first-order valence-electron chi connectivity index (χ1n) is 5.40. The van der Waals surface area contributed by atoms with Crippen LogP contribution in [0.3, 0.4) is 0 Å². The maximum Gasteiger partial charge on any atom is 0.306 e. The lowest BCUT2D eigenvalue weighted by Crippen LogP contribution is -2.19. The van der Waals surface area contributed by atoms with Crippen molar-refractivity contribution in [1.29, 1.82) is 0 Å². The molecule has 0 heterocycles. The van der Waals surface area contributed by atoms with Crippen LogP contribution in [0.5, 0.6) is 0 Å². The number of aliphatic hydroxyl groups is 1. The molecule has 17 heavy (non-hydrogen) atoms. The highest BCUT2D eigenvalue weighted by atomic mass is 32.2. The Kier molecular flexibility index (Phi) is 7.73. The molecule has 0 atom stereocenters. The first-order chi connectivity index (χ1) is 7.91. The van der Waals surface area contributed by atoms with Crippen molar-refractivity contribution in [3.05, 3.63) is 0 Å². The van der Waals surface area contributed by atoms with E-state index in [1.807, 2.05) is 0 Å². The number of ketones is 1. The fourth-order valence-electron chi connectivity index (χ4n) is 1.01. The summed E-state index contributed by atoms with van der Waals surface area (Å²) < 4.78 is 26.9. The van der Waals surface area contributed by atoms with Crippen molar-refractivity contribution < 1.29 is 27.9 Å². The number of carbonyl (C=O) groups excluding carboxylic acids is 2. The van der Waals surface area contributed by atoms with Gasteiger partial charge in [-0.1, -0.05) is 6.92 Å². The number of ether oxygens (including phenoxy) is 1. The molecule has 0 saturated heterocycles. The van der Waals surface area contributed by atoms with Crippen LogP contribution < -0.4 is 0 Å². The molecule has 6 nitrogen and oxygen atoms in total. The van der Waals surface area contributed by atoms with Crippen LogP contribution in [0.4, 0.5) is 0 Å². The lowest BCUT2D eigenvalue weighted by Gasteiger charge is -2.04. The average molecular weight is 266 g/mol. The van der Waals surface area contributed by atoms with Crippen molar-refractivity contribution in [3.8, 4) is 0 Å². The van der Waals surface area contributed by atoms with E-state index in [0.29, 0.717) is 6.42 Å². The van der Waals surface area contributed by atoms with Crippen LogP contribution in [-0.2, 0) is 24.2 Å². The molecule has 0 aromatic heterocycles. The van der Waals surface area contributed by atoms with Crippen LogP contribution >= 0.6 is 0 Å². The highest BCUT2D eigenvalue weighted by molar-refractivity contribution is 7.91. The van der Waals surface area contributed by atoms with Crippen LogP contribution in [0.25, 0.3) is 0 Å². The second-order valence-electron chi connectivity index (χ2n) is 3.49. The normalized spacial score (nSPS) is 11.2. The van der Waals surface area contributed by atoms with Gasteiger partial charge >= 0.3 is 5.97 Å². The van der Waals surface area contributed by atoms with Gasteiger partial charge in [0.25, 0.3) is 0 Å². The largest absolute Gasteiger partial charge is 0.465 e. The topological polar surface area (TPSA) is 97.7 Å². The monoisotopic (exact) mass is 266 g/mol. The Bertz CT molecular complexity index is 346. The molecular weight excluding hydrogens is 248 g/mol. The van der Waals surface area contributed by atoms with Gasteiger partial charge in [0.2, 0.25) is 0 Å². The third-order valence-corrected chi connectivity index (χ3v) is 3.66. The number of carbonyl (C=O) groups is 2. The summed E-state index contributed by atoms with van der Waals surface area (Å²) in [6.45, 7) is 1.03. The molecule has 0 saturated carbocycles. The fraction of sp³-hybridized carbons (Fsp3) is 0.800. The third-order valence-electron chi connectivity index (χ3n) is 2.06. The highest BCUT2D eigenvalue weighted by Gasteiger charge is 2.12. The number of esters is 1. The molecule has 0 amide bonds. The molecule has 100 valence electrons. The van der Waals surface area contributed by atoms with Crippen LogP contribution in [0.15, 0.2) is 0 Å². The maximum absolute atomic E-state index is 11.1. The highest BCUT2D eigenvalue weighted by Crippen LogP contribution is 1.98. The number of hydrogen-bond acceptors (Lipinski definition) is 6. The minimum atomic E-state index is -3.36. The van der Waals surface area contributed by atoms with Crippen LogP contribution in [-0.4, -0.2) is 50.0 Å². The summed E-state index contributed by atoms with van der Waals surface area (Å²) in [5.74, 6) is -1.25. The molecule has 0 spiro atoms. The van der Waals surface area contributed by atoms with E-state index in [1.54, 1.807) is 6.92 Å². The zero-order chi connectivity index (χ0) is 13.3. The van der Waals surface area contributed by atoms with Gasteiger partial charge in [-0.05, 0) is 0 Å². The molecule has 0 aliphatic carbocycles. The molecule has 0 bridgehead atoms. The second kappa shape index (κ2) is 8.19. The lowest BCUT2D eigenvalue weighted by atomic mass is 10.2. The fourth-order valence-corrected chi connectivity index (χ4v) is 1.83. The Morgan fingerprint density at radius 2 is 1.82 bits per heavy atom. The first kappa shape index (κ1) is 16.1. The van der Waals surface area contributed by atoms with E-state index in [1.165, 1.54) is 0 Å². The van der Waals surface area contributed by atoms with Crippen molar-refractivity contribution in [2.24, 2.45) is 0 Å². The van der Waals surface area contributed by atoms with Gasteiger partial charge in [0.1, 0.15) is 12.4 Å².